The van der Waals surface area contributed by atoms with E-state index in [9.17, 15) is 19.7 Å². The molecule has 136 valence electrons. The van der Waals surface area contributed by atoms with Gasteiger partial charge < -0.3 is 19.6 Å². The van der Waals surface area contributed by atoms with Gasteiger partial charge in [0.05, 0.1) is 6.61 Å². The summed E-state index contributed by atoms with van der Waals surface area (Å²) in [5.74, 6) is -1.27. The molecule has 0 aliphatic carbocycles. The second kappa shape index (κ2) is 8.41. The predicted molar refractivity (Wildman–Crippen MR) is 88.4 cm³/mol. The van der Waals surface area contributed by atoms with E-state index >= 15 is 0 Å². The Morgan fingerprint density at radius 2 is 2.16 bits per heavy atom. The summed E-state index contributed by atoms with van der Waals surface area (Å²) < 4.78 is 10.6. The van der Waals surface area contributed by atoms with E-state index in [4.69, 9.17) is 9.47 Å². The average molecular weight is 351 g/mol. The van der Waals surface area contributed by atoms with Crippen LogP contribution in [0.1, 0.15) is 39.5 Å². The average Bonchev–Trinajstić information content (AvgIpc) is 2.60. The molecule has 0 fully saturated rings. The van der Waals surface area contributed by atoms with E-state index in [2.05, 4.69) is 4.98 Å². The first-order valence-electron chi connectivity index (χ1n) is 8.27. The molecule has 1 unspecified atom stereocenters. The fraction of sp³-hybridized carbons (Fsp3) is 0.562. The van der Waals surface area contributed by atoms with Crippen molar-refractivity contribution in [1.82, 2.24) is 4.98 Å². The van der Waals surface area contributed by atoms with Gasteiger partial charge in [-0.25, -0.2) is 0 Å². The molecule has 2 heterocycles. The number of hydrogen-bond donors (Lipinski definition) is 0. The summed E-state index contributed by atoms with van der Waals surface area (Å²) in [6.07, 6.45) is 2.33. The molecule has 1 atom stereocenters. The minimum absolute atomic E-state index is 0.0330. The Balaban J connectivity index is 2.20. The van der Waals surface area contributed by atoms with Crippen LogP contribution in [-0.4, -0.2) is 41.0 Å². The van der Waals surface area contributed by atoms with Crippen LogP contribution in [0.3, 0.4) is 0 Å². The van der Waals surface area contributed by atoms with E-state index in [0.29, 0.717) is 6.42 Å². The Bertz CT molecular complexity index is 663. The van der Waals surface area contributed by atoms with Gasteiger partial charge in [-0.1, -0.05) is 26.7 Å². The quantitative estimate of drug-likeness (QED) is 0.305. The van der Waals surface area contributed by atoms with Crippen LogP contribution in [-0.2, 0) is 14.3 Å². The topological polar surface area (TPSA) is 112 Å². The zero-order valence-corrected chi connectivity index (χ0v) is 14.3. The number of aromatic nitrogens is 1. The Labute approximate surface area is 145 Å². The van der Waals surface area contributed by atoms with Gasteiger partial charge in [0.2, 0.25) is 0 Å². The lowest BCUT2D eigenvalue weighted by Crippen LogP contribution is -2.48. The summed E-state index contributed by atoms with van der Waals surface area (Å²) >= 11 is 0. The molecular weight excluding hydrogens is 330 g/mol. The second-order valence-corrected chi connectivity index (χ2v) is 5.62. The van der Waals surface area contributed by atoms with Crippen LogP contribution in [0, 0.1) is 10.1 Å². The van der Waals surface area contributed by atoms with Crippen molar-refractivity contribution in [2.24, 2.45) is 0 Å². The highest BCUT2D eigenvalue weighted by Gasteiger charge is 2.39. The molecule has 0 saturated carbocycles. The van der Waals surface area contributed by atoms with Crippen LogP contribution in [0.2, 0.25) is 0 Å². The summed E-state index contributed by atoms with van der Waals surface area (Å²) in [6.45, 7) is 3.73. The standard InChI is InChI=1S/C16H21N3O6/c1-3-5-6-9-24-14(20)10-18-15-12(25-11(4-2)16(18)21)7-8-13(17-15)19(22)23/h7-8,11H,3-6,9-10H2,1-2H3. The molecule has 1 aliphatic rings. The summed E-state index contributed by atoms with van der Waals surface area (Å²) in [6, 6.07) is 2.58. The summed E-state index contributed by atoms with van der Waals surface area (Å²) in [7, 11) is 0. The highest BCUT2D eigenvalue weighted by molar-refractivity contribution is 6.02. The first kappa shape index (κ1) is 18.6. The lowest BCUT2D eigenvalue weighted by Gasteiger charge is -2.29. The fourth-order valence-corrected chi connectivity index (χ4v) is 2.42. The maximum Gasteiger partial charge on any atom is 0.366 e. The van der Waals surface area contributed by atoms with Gasteiger partial charge in [-0.05, 0) is 28.8 Å². The molecule has 9 nitrogen and oxygen atoms in total. The van der Waals surface area contributed by atoms with Crippen molar-refractivity contribution in [3.05, 3.63) is 22.2 Å². The van der Waals surface area contributed by atoms with Crippen molar-refractivity contribution >= 4 is 23.5 Å². The number of nitrogens with zero attached hydrogens (tertiary/aromatic N) is 3. The van der Waals surface area contributed by atoms with Crippen molar-refractivity contribution in [2.75, 3.05) is 18.1 Å². The van der Waals surface area contributed by atoms with E-state index in [1.807, 2.05) is 6.92 Å². The molecule has 1 aromatic rings. The van der Waals surface area contributed by atoms with Gasteiger partial charge >= 0.3 is 11.8 Å². The lowest BCUT2D eigenvalue weighted by molar-refractivity contribution is -0.389. The predicted octanol–water partition coefficient (Wildman–Crippen LogP) is 2.23. The largest absolute Gasteiger partial charge is 0.474 e. The molecule has 2 rings (SSSR count). The van der Waals surface area contributed by atoms with Gasteiger partial charge in [0.15, 0.2) is 11.9 Å². The number of hydrogen-bond acceptors (Lipinski definition) is 7. The van der Waals surface area contributed by atoms with Gasteiger partial charge in [-0.15, -0.1) is 0 Å². The van der Waals surface area contributed by atoms with Crippen LogP contribution in [0.25, 0.3) is 0 Å². The van der Waals surface area contributed by atoms with E-state index < -0.39 is 28.7 Å². The minimum atomic E-state index is -0.761. The molecule has 25 heavy (non-hydrogen) atoms. The maximum atomic E-state index is 12.5. The van der Waals surface area contributed by atoms with Crippen molar-refractivity contribution in [1.29, 1.82) is 0 Å². The lowest BCUT2D eigenvalue weighted by atomic mass is 10.2. The monoisotopic (exact) mass is 351 g/mol. The van der Waals surface area contributed by atoms with Gasteiger partial charge in [0.25, 0.3) is 11.7 Å². The van der Waals surface area contributed by atoms with Crippen molar-refractivity contribution in [2.45, 2.75) is 45.6 Å². The van der Waals surface area contributed by atoms with Crippen molar-refractivity contribution in [3.63, 3.8) is 0 Å². The number of amides is 1. The Morgan fingerprint density at radius 3 is 2.80 bits per heavy atom. The van der Waals surface area contributed by atoms with E-state index in [0.717, 1.165) is 24.2 Å². The number of unbranched alkanes of at least 4 members (excludes halogenated alkanes) is 2. The fourth-order valence-electron chi connectivity index (χ4n) is 2.42. The van der Waals surface area contributed by atoms with Crippen molar-refractivity contribution < 1.29 is 24.0 Å². The van der Waals surface area contributed by atoms with Crippen LogP contribution in [0.15, 0.2) is 12.1 Å². The SMILES string of the molecule is CCCCCOC(=O)CN1C(=O)C(CC)Oc2ccc([N+](=O)[O-])nc21. The molecular formula is C16H21N3O6. The Hall–Kier alpha value is -2.71. The molecule has 0 spiro atoms. The summed E-state index contributed by atoms with van der Waals surface area (Å²) in [5.41, 5.74) is 0. The van der Waals surface area contributed by atoms with Gasteiger partial charge in [-0.3, -0.25) is 14.5 Å². The first-order chi connectivity index (χ1) is 12.0. The zero-order valence-electron chi connectivity index (χ0n) is 14.3. The molecule has 0 N–H and O–H groups in total. The van der Waals surface area contributed by atoms with E-state index in [1.165, 1.54) is 12.1 Å². The third kappa shape index (κ3) is 4.43. The summed E-state index contributed by atoms with van der Waals surface area (Å²) in [5, 5.41) is 10.9. The first-order valence-corrected chi connectivity index (χ1v) is 8.27. The number of esters is 1. The normalized spacial score (nSPS) is 16.2. The van der Waals surface area contributed by atoms with Crippen molar-refractivity contribution in [3.8, 4) is 5.75 Å². The molecule has 9 heteroatoms. The maximum absolute atomic E-state index is 12.5. The number of carbonyl (C=O) groups is 2. The summed E-state index contributed by atoms with van der Waals surface area (Å²) in [4.78, 5) is 39.7. The van der Waals surface area contributed by atoms with Crippen LogP contribution < -0.4 is 9.64 Å². The van der Waals surface area contributed by atoms with Gasteiger partial charge in [0, 0.05) is 6.07 Å². The number of ether oxygens (including phenoxy) is 2. The molecule has 0 aromatic carbocycles. The Morgan fingerprint density at radius 1 is 1.40 bits per heavy atom. The minimum Gasteiger partial charge on any atom is -0.474 e. The van der Waals surface area contributed by atoms with Crippen LogP contribution >= 0.6 is 0 Å². The molecule has 0 saturated heterocycles. The molecule has 1 aliphatic heterocycles. The van der Waals surface area contributed by atoms with Gasteiger partial charge in [-0.2, -0.15) is 0 Å². The van der Waals surface area contributed by atoms with Gasteiger partial charge in [0.1, 0.15) is 6.54 Å². The third-order valence-electron chi connectivity index (χ3n) is 3.75. The molecule has 0 bridgehead atoms. The van der Waals surface area contributed by atoms with E-state index in [1.54, 1.807) is 6.92 Å². The van der Waals surface area contributed by atoms with Crippen LogP contribution in [0.5, 0.6) is 5.75 Å². The number of rotatable bonds is 8. The Kier molecular flexibility index (Phi) is 6.26. The molecule has 0 radical (unpaired) electrons. The van der Waals surface area contributed by atoms with E-state index in [-0.39, 0.29) is 24.7 Å². The number of fused-ring (bicyclic) bond motifs is 1. The molecule has 1 amide bonds. The number of pyridine rings is 1. The van der Waals surface area contributed by atoms with Crippen LogP contribution in [0.4, 0.5) is 11.6 Å². The number of nitro groups is 1. The second-order valence-electron chi connectivity index (χ2n) is 5.62. The zero-order chi connectivity index (χ0) is 18.4. The number of anilines is 1. The smallest absolute Gasteiger partial charge is 0.366 e. The third-order valence-corrected chi connectivity index (χ3v) is 3.75. The molecule has 1 aromatic heterocycles. The highest BCUT2D eigenvalue weighted by Crippen LogP contribution is 2.34. The highest BCUT2D eigenvalue weighted by atomic mass is 16.6. The number of carbonyl (C=O) groups excluding carboxylic acids is 2.